The average Bonchev–Trinajstić information content (AvgIpc) is 3.13. The first-order valence-corrected chi connectivity index (χ1v) is 7.08. The normalized spacial score (nSPS) is 11.8. The molecule has 0 saturated heterocycles. The number of hydrogen-bond donors (Lipinski definition) is 2. The fourth-order valence-corrected chi connectivity index (χ4v) is 2.67. The van der Waals surface area contributed by atoms with Gasteiger partial charge in [0.2, 0.25) is 0 Å². The number of nitrogens with zero attached hydrogens (tertiary/aromatic N) is 1. The molecule has 20 heavy (non-hydrogen) atoms. The molecule has 0 aliphatic rings. The number of carbonyl (C=O) groups excluding carboxylic acids is 1. The van der Waals surface area contributed by atoms with Crippen LogP contribution in [-0.2, 0) is 0 Å². The van der Waals surface area contributed by atoms with E-state index in [0.29, 0.717) is 5.56 Å². The zero-order valence-electron chi connectivity index (χ0n) is 10.9. The Balaban J connectivity index is 1.82. The van der Waals surface area contributed by atoms with Crippen LogP contribution in [0.15, 0.2) is 53.1 Å². The zero-order chi connectivity index (χ0) is 13.9. The number of nitrogens with one attached hydrogen (secondary N) is 2. The summed E-state index contributed by atoms with van der Waals surface area (Å²) >= 11 is 1.59. The lowest BCUT2D eigenvalue weighted by atomic mass is 10.2. The predicted molar refractivity (Wildman–Crippen MR) is 82.3 cm³/mol. The molecule has 1 amide bonds. The van der Waals surface area contributed by atoms with Gasteiger partial charge >= 0.3 is 0 Å². The quantitative estimate of drug-likeness (QED) is 0.562. The van der Waals surface area contributed by atoms with Crippen molar-refractivity contribution in [1.29, 1.82) is 0 Å². The molecule has 2 heterocycles. The maximum Gasteiger partial charge on any atom is 0.273 e. The molecule has 3 rings (SSSR count). The van der Waals surface area contributed by atoms with Gasteiger partial charge in [0, 0.05) is 22.0 Å². The average molecular weight is 283 g/mol. The number of para-hydroxylation sites is 1. The molecule has 2 N–H and O–H groups in total. The van der Waals surface area contributed by atoms with Crippen LogP contribution in [0, 0.1) is 0 Å². The summed E-state index contributed by atoms with van der Waals surface area (Å²) in [5.41, 5.74) is 4.94. The molecule has 0 saturated carbocycles. The van der Waals surface area contributed by atoms with Gasteiger partial charge in [0.15, 0.2) is 0 Å². The lowest BCUT2D eigenvalue weighted by molar-refractivity contribution is 0.0956. The number of aromatic amines is 1. The molecule has 0 unspecified atom stereocenters. The summed E-state index contributed by atoms with van der Waals surface area (Å²) in [5, 5.41) is 7.02. The minimum atomic E-state index is -0.210. The minimum Gasteiger partial charge on any atom is -0.360 e. The van der Waals surface area contributed by atoms with Gasteiger partial charge in [-0.2, -0.15) is 5.10 Å². The van der Waals surface area contributed by atoms with Crippen molar-refractivity contribution in [2.45, 2.75) is 6.92 Å². The monoisotopic (exact) mass is 283 g/mol. The predicted octanol–water partition coefficient (Wildman–Crippen LogP) is 3.38. The van der Waals surface area contributed by atoms with Crippen molar-refractivity contribution in [3.63, 3.8) is 0 Å². The Bertz CT molecular complexity index is 771. The van der Waals surface area contributed by atoms with Gasteiger partial charge in [-0.15, -0.1) is 11.3 Å². The van der Waals surface area contributed by atoms with E-state index in [1.165, 1.54) is 0 Å². The number of rotatable bonds is 3. The number of fused-ring (bicyclic) bond motifs is 1. The van der Waals surface area contributed by atoms with E-state index in [4.69, 9.17) is 0 Å². The Morgan fingerprint density at radius 1 is 1.25 bits per heavy atom. The van der Waals surface area contributed by atoms with Gasteiger partial charge in [0.25, 0.3) is 5.91 Å². The van der Waals surface area contributed by atoms with Crippen molar-refractivity contribution in [3.8, 4) is 0 Å². The van der Waals surface area contributed by atoms with E-state index in [2.05, 4.69) is 15.5 Å². The maximum absolute atomic E-state index is 12.2. The third-order valence-corrected chi connectivity index (χ3v) is 4.02. The van der Waals surface area contributed by atoms with Gasteiger partial charge in [0.1, 0.15) is 0 Å². The summed E-state index contributed by atoms with van der Waals surface area (Å²) in [5.74, 6) is -0.210. The first-order chi connectivity index (χ1) is 9.75. The summed E-state index contributed by atoms with van der Waals surface area (Å²) in [6, 6.07) is 11.6. The Labute approximate surface area is 120 Å². The van der Waals surface area contributed by atoms with Crippen LogP contribution in [0.5, 0.6) is 0 Å². The van der Waals surface area contributed by atoms with Crippen LogP contribution in [0.3, 0.4) is 0 Å². The highest BCUT2D eigenvalue weighted by Gasteiger charge is 2.11. The van der Waals surface area contributed by atoms with E-state index in [1.54, 1.807) is 17.5 Å². The summed E-state index contributed by atoms with van der Waals surface area (Å²) in [6.07, 6.45) is 1.70. The summed E-state index contributed by atoms with van der Waals surface area (Å²) in [4.78, 5) is 16.3. The SMILES string of the molecule is C/C(=N/NC(=O)c1c[nH]c2ccccc12)c1cccs1. The summed E-state index contributed by atoms with van der Waals surface area (Å²) in [7, 11) is 0. The third-order valence-electron chi connectivity index (χ3n) is 3.04. The third kappa shape index (κ3) is 2.35. The Hall–Kier alpha value is -2.40. The maximum atomic E-state index is 12.2. The molecule has 4 nitrogen and oxygen atoms in total. The largest absolute Gasteiger partial charge is 0.360 e. The second-order valence-electron chi connectivity index (χ2n) is 4.36. The number of aromatic nitrogens is 1. The highest BCUT2D eigenvalue weighted by Crippen LogP contribution is 2.17. The van der Waals surface area contributed by atoms with Crippen molar-refractivity contribution in [2.75, 3.05) is 0 Å². The van der Waals surface area contributed by atoms with E-state index in [9.17, 15) is 4.79 Å². The highest BCUT2D eigenvalue weighted by molar-refractivity contribution is 7.12. The number of benzene rings is 1. The number of carbonyl (C=O) groups is 1. The smallest absolute Gasteiger partial charge is 0.273 e. The molecule has 2 aromatic heterocycles. The van der Waals surface area contributed by atoms with Crippen LogP contribution < -0.4 is 5.43 Å². The number of amides is 1. The van der Waals surface area contributed by atoms with E-state index >= 15 is 0 Å². The lowest BCUT2D eigenvalue weighted by Crippen LogP contribution is -2.18. The summed E-state index contributed by atoms with van der Waals surface area (Å²) < 4.78 is 0. The first kappa shape index (κ1) is 12.6. The molecule has 1 aromatic carbocycles. The van der Waals surface area contributed by atoms with Crippen molar-refractivity contribution >= 4 is 33.9 Å². The van der Waals surface area contributed by atoms with Gasteiger partial charge < -0.3 is 4.98 Å². The number of H-pyrrole nitrogens is 1. The molecule has 0 fully saturated rings. The molecular formula is C15H13N3OS. The molecule has 0 aliphatic carbocycles. The second kappa shape index (κ2) is 5.30. The van der Waals surface area contributed by atoms with Gasteiger partial charge in [-0.1, -0.05) is 24.3 Å². The van der Waals surface area contributed by atoms with Crippen LogP contribution in [0.2, 0.25) is 0 Å². The molecule has 0 bridgehead atoms. The van der Waals surface area contributed by atoms with Crippen molar-refractivity contribution in [1.82, 2.24) is 10.4 Å². The minimum absolute atomic E-state index is 0.210. The van der Waals surface area contributed by atoms with E-state index in [1.807, 2.05) is 48.7 Å². The van der Waals surface area contributed by atoms with Gasteiger partial charge in [-0.05, 0) is 24.4 Å². The molecule has 0 atom stereocenters. The lowest BCUT2D eigenvalue weighted by Gasteiger charge is -2.00. The van der Waals surface area contributed by atoms with Crippen LogP contribution in [-0.4, -0.2) is 16.6 Å². The zero-order valence-corrected chi connectivity index (χ0v) is 11.7. The van der Waals surface area contributed by atoms with E-state index < -0.39 is 0 Å². The van der Waals surface area contributed by atoms with E-state index in [0.717, 1.165) is 21.5 Å². The Kier molecular flexibility index (Phi) is 3.35. The number of hydrogen-bond acceptors (Lipinski definition) is 3. The van der Waals surface area contributed by atoms with Crippen LogP contribution in [0.1, 0.15) is 22.2 Å². The van der Waals surface area contributed by atoms with Crippen molar-refractivity contribution in [2.24, 2.45) is 5.10 Å². The summed E-state index contributed by atoms with van der Waals surface area (Å²) in [6.45, 7) is 1.88. The Morgan fingerprint density at radius 3 is 2.90 bits per heavy atom. The van der Waals surface area contributed by atoms with Gasteiger partial charge in [-0.3, -0.25) is 4.79 Å². The molecule has 0 spiro atoms. The number of thiophene rings is 1. The topological polar surface area (TPSA) is 57.2 Å². The van der Waals surface area contributed by atoms with Crippen molar-refractivity contribution < 1.29 is 4.79 Å². The van der Waals surface area contributed by atoms with Crippen LogP contribution in [0.4, 0.5) is 0 Å². The fourth-order valence-electron chi connectivity index (χ4n) is 1.99. The standard InChI is InChI=1S/C15H13N3OS/c1-10(14-7-4-8-20-14)17-18-15(19)12-9-16-13-6-3-2-5-11(12)13/h2-9,16H,1H3,(H,18,19)/b17-10-. The van der Waals surface area contributed by atoms with Crippen molar-refractivity contribution in [3.05, 3.63) is 58.4 Å². The van der Waals surface area contributed by atoms with Crippen LogP contribution >= 0.6 is 11.3 Å². The molecule has 100 valence electrons. The fraction of sp³-hybridized carbons (Fsp3) is 0.0667. The van der Waals surface area contributed by atoms with E-state index in [-0.39, 0.29) is 5.91 Å². The highest BCUT2D eigenvalue weighted by atomic mass is 32.1. The molecule has 3 aromatic rings. The first-order valence-electron chi connectivity index (χ1n) is 6.20. The molecule has 0 aliphatic heterocycles. The van der Waals surface area contributed by atoms with Crippen LogP contribution in [0.25, 0.3) is 10.9 Å². The Morgan fingerprint density at radius 2 is 2.10 bits per heavy atom. The number of hydrazone groups is 1. The molecule has 0 radical (unpaired) electrons. The van der Waals surface area contributed by atoms with Gasteiger partial charge in [-0.25, -0.2) is 5.43 Å². The van der Waals surface area contributed by atoms with Gasteiger partial charge in [0.05, 0.1) is 11.3 Å². The molecule has 5 heteroatoms. The molecular weight excluding hydrogens is 270 g/mol. The second-order valence-corrected chi connectivity index (χ2v) is 5.31.